The number of carbonyl (C=O) groups is 1. The number of rotatable bonds is 4. The van der Waals surface area contributed by atoms with E-state index in [1.165, 1.54) is 35.2 Å². The van der Waals surface area contributed by atoms with Crippen molar-refractivity contribution in [3.63, 3.8) is 0 Å². The molecule has 4 nitrogen and oxygen atoms in total. The van der Waals surface area contributed by atoms with E-state index in [1.54, 1.807) is 12.4 Å². The highest BCUT2D eigenvalue weighted by atomic mass is 35.5. The van der Waals surface area contributed by atoms with Crippen molar-refractivity contribution in [2.24, 2.45) is 0 Å². The number of aromatic nitrogens is 2. The molecular weight excluding hydrogens is 309 g/mol. The minimum Gasteiger partial charge on any atom is -0.324 e. The summed E-state index contributed by atoms with van der Waals surface area (Å²) in [6.45, 7) is 1.75. The molecule has 2 rings (SSSR count). The molecule has 0 fully saturated rings. The van der Waals surface area contributed by atoms with Crippen molar-refractivity contribution in [3.8, 4) is 0 Å². The summed E-state index contributed by atoms with van der Waals surface area (Å²) in [4.78, 5) is 11.9. The van der Waals surface area contributed by atoms with Gasteiger partial charge in [0.1, 0.15) is 11.3 Å². The van der Waals surface area contributed by atoms with Gasteiger partial charge in [-0.05, 0) is 25.1 Å². The van der Waals surface area contributed by atoms with E-state index >= 15 is 0 Å². The Hall–Kier alpha value is -1.18. The van der Waals surface area contributed by atoms with Crippen molar-refractivity contribution in [1.82, 2.24) is 10.2 Å². The van der Waals surface area contributed by atoms with Crippen molar-refractivity contribution in [2.75, 3.05) is 5.32 Å². The van der Waals surface area contributed by atoms with Crippen LogP contribution >= 0.6 is 34.7 Å². The highest BCUT2D eigenvalue weighted by Crippen LogP contribution is 2.27. The van der Waals surface area contributed by atoms with E-state index in [0.717, 1.165) is 6.07 Å². The van der Waals surface area contributed by atoms with Gasteiger partial charge < -0.3 is 5.32 Å². The highest BCUT2D eigenvalue weighted by Gasteiger charge is 2.17. The van der Waals surface area contributed by atoms with Crippen LogP contribution in [0.2, 0.25) is 5.02 Å². The molecule has 8 heteroatoms. The lowest BCUT2D eigenvalue weighted by atomic mass is 10.3. The van der Waals surface area contributed by atoms with Crippen LogP contribution in [0.1, 0.15) is 6.92 Å². The van der Waals surface area contributed by atoms with Crippen molar-refractivity contribution >= 4 is 46.3 Å². The van der Waals surface area contributed by atoms with Crippen LogP contribution in [0.25, 0.3) is 0 Å². The van der Waals surface area contributed by atoms with Gasteiger partial charge in [0, 0.05) is 0 Å². The number of hydrogen-bond acceptors (Lipinski definition) is 5. The molecule has 0 saturated carbocycles. The van der Waals surface area contributed by atoms with Crippen molar-refractivity contribution in [2.45, 2.75) is 16.5 Å². The number of halogens is 2. The average molecular weight is 318 g/mol. The molecule has 100 valence electrons. The maximum absolute atomic E-state index is 12.9. The van der Waals surface area contributed by atoms with E-state index in [4.69, 9.17) is 11.6 Å². The van der Waals surface area contributed by atoms with Gasteiger partial charge in [-0.15, -0.1) is 10.2 Å². The van der Waals surface area contributed by atoms with Crippen LogP contribution in [-0.4, -0.2) is 21.4 Å². The lowest BCUT2D eigenvalue weighted by molar-refractivity contribution is -0.115. The van der Waals surface area contributed by atoms with Crippen LogP contribution in [0.5, 0.6) is 0 Å². The first-order valence-corrected chi connectivity index (χ1v) is 7.38. The minimum absolute atomic E-state index is 0.168. The predicted molar refractivity (Wildman–Crippen MR) is 75.3 cm³/mol. The molecule has 0 bridgehead atoms. The van der Waals surface area contributed by atoms with Gasteiger partial charge >= 0.3 is 0 Å². The molecule has 0 aliphatic rings. The fourth-order valence-corrected chi connectivity index (χ4v) is 3.08. The third-order valence-electron chi connectivity index (χ3n) is 2.18. The number of nitrogens with zero attached hydrogens (tertiary/aromatic N) is 2. The number of thioether (sulfide) groups is 1. The van der Waals surface area contributed by atoms with Gasteiger partial charge in [0.05, 0.1) is 16.0 Å². The van der Waals surface area contributed by atoms with E-state index in [0.29, 0.717) is 10.0 Å². The zero-order chi connectivity index (χ0) is 13.8. The molecule has 0 aliphatic carbocycles. The summed E-state index contributed by atoms with van der Waals surface area (Å²) in [5, 5.41) is 10.0. The molecule has 19 heavy (non-hydrogen) atoms. The van der Waals surface area contributed by atoms with Crippen molar-refractivity contribution < 1.29 is 9.18 Å². The van der Waals surface area contributed by atoms with Gasteiger partial charge in [0.15, 0.2) is 4.34 Å². The van der Waals surface area contributed by atoms with Gasteiger partial charge in [0.2, 0.25) is 5.91 Å². The monoisotopic (exact) mass is 317 g/mol. The number of anilines is 1. The molecule has 1 amide bonds. The fraction of sp³-hybridized carbons (Fsp3) is 0.182. The SMILES string of the molecule is C[C@H](Sc1nncs1)C(=O)Nc1ccc(F)cc1Cl. The molecular formula is C11H9ClFN3OS2. The quantitative estimate of drug-likeness (QED) is 0.878. The normalized spacial score (nSPS) is 12.2. The van der Waals surface area contributed by atoms with Crippen LogP contribution in [0, 0.1) is 5.82 Å². The molecule has 1 atom stereocenters. The Morgan fingerprint density at radius 2 is 2.37 bits per heavy atom. The number of amides is 1. The molecule has 1 N–H and O–H groups in total. The maximum atomic E-state index is 12.9. The van der Waals surface area contributed by atoms with Gasteiger partial charge in [-0.1, -0.05) is 34.7 Å². The van der Waals surface area contributed by atoms with E-state index in [-0.39, 0.29) is 16.2 Å². The zero-order valence-electron chi connectivity index (χ0n) is 9.76. The molecule has 1 aromatic heterocycles. The topological polar surface area (TPSA) is 54.9 Å². The van der Waals surface area contributed by atoms with E-state index in [2.05, 4.69) is 15.5 Å². The van der Waals surface area contributed by atoms with E-state index in [1.807, 2.05) is 0 Å². The highest BCUT2D eigenvalue weighted by molar-refractivity contribution is 8.02. The Kier molecular flexibility index (Phi) is 4.73. The van der Waals surface area contributed by atoms with Gasteiger partial charge in [-0.25, -0.2) is 4.39 Å². The summed E-state index contributed by atoms with van der Waals surface area (Å²) in [6.07, 6.45) is 0. The first kappa shape index (κ1) is 14.2. The second-order valence-electron chi connectivity index (χ2n) is 3.58. The first-order valence-electron chi connectivity index (χ1n) is 5.25. The Labute approximate surface area is 122 Å². The second-order valence-corrected chi connectivity index (χ2v) is 6.41. The number of carbonyl (C=O) groups excluding carboxylic acids is 1. The lowest BCUT2D eigenvalue weighted by Crippen LogP contribution is -2.22. The fourth-order valence-electron chi connectivity index (χ4n) is 1.24. The summed E-state index contributed by atoms with van der Waals surface area (Å²) in [7, 11) is 0. The second kappa shape index (κ2) is 6.31. The Bertz CT molecular complexity index is 579. The average Bonchev–Trinajstić information content (AvgIpc) is 2.85. The maximum Gasteiger partial charge on any atom is 0.237 e. The number of nitrogens with one attached hydrogen (secondary N) is 1. The van der Waals surface area contributed by atoms with Crippen molar-refractivity contribution in [3.05, 3.63) is 34.5 Å². The summed E-state index contributed by atoms with van der Waals surface area (Å²) in [6, 6.07) is 3.82. The van der Waals surface area contributed by atoms with Gasteiger partial charge in [-0.2, -0.15) is 0 Å². The smallest absolute Gasteiger partial charge is 0.237 e. The third kappa shape index (κ3) is 3.89. The molecule has 0 radical (unpaired) electrons. The van der Waals surface area contributed by atoms with Gasteiger partial charge in [0.25, 0.3) is 0 Å². The molecule has 2 aromatic rings. The first-order chi connectivity index (χ1) is 9.06. The summed E-state index contributed by atoms with van der Waals surface area (Å²) in [5.41, 5.74) is 1.99. The number of hydrogen-bond donors (Lipinski definition) is 1. The van der Waals surface area contributed by atoms with E-state index < -0.39 is 5.82 Å². The molecule has 0 spiro atoms. The number of benzene rings is 1. The third-order valence-corrected chi connectivity index (χ3v) is 4.40. The molecule has 0 saturated heterocycles. The molecule has 1 heterocycles. The largest absolute Gasteiger partial charge is 0.324 e. The van der Waals surface area contributed by atoms with Crippen LogP contribution in [0.3, 0.4) is 0 Å². The molecule has 0 unspecified atom stereocenters. The Morgan fingerprint density at radius 3 is 3.00 bits per heavy atom. The minimum atomic E-state index is -0.445. The van der Waals surface area contributed by atoms with Crippen LogP contribution in [0.4, 0.5) is 10.1 Å². The summed E-state index contributed by atoms with van der Waals surface area (Å²) < 4.78 is 13.6. The van der Waals surface area contributed by atoms with Crippen LogP contribution in [0.15, 0.2) is 28.0 Å². The summed E-state index contributed by atoms with van der Waals surface area (Å²) >= 11 is 8.51. The predicted octanol–water partition coefficient (Wildman–Crippen LogP) is 3.45. The van der Waals surface area contributed by atoms with Gasteiger partial charge in [-0.3, -0.25) is 4.79 Å². The Balaban J connectivity index is 2.00. The van der Waals surface area contributed by atoms with Crippen LogP contribution < -0.4 is 5.32 Å². The van der Waals surface area contributed by atoms with Crippen LogP contribution in [-0.2, 0) is 4.79 Å². The molecule has 0 aliphatic heterocycles. The standard InChI is InChI=1S/C11H9ClFN3OS2/c1-6(19-11-16-14-5-18-11)10(17)15-9-3-2-7(13)4-8(9)12/h2-6H,1H3,(H,15,17)/t6-/m0/s1. The lowest BCUT2D eigenvalue weighted by Gasteiger charge is -2.11. The van der Waals surface area contributed by atoms with Crippen molar-refractivity contribution in [1.29, 1.82) is 0 Å². The Morgan fingerprint density at radius 1 is 1.58 bits per heavy atom. The zero-order valence-corrected chi connectivity index (χ0v) is 12.2. The molecule has 1 aromatic carbocycles. The van der Waals surface area contributed by atoms with E-state index in [9.17, 15) is 9.18 Å². The summed E-state index contributed by atoms with van der Waals surface area (Å²) in [5.74, 6) is -0.673.